The molecule has 2 radical (unpaired) electrons. The third-order valence-electron chi connectivity index (χ3n) is 1.73. The average molecular weight is 114 g/mol. The lowest BCUT2D eigenvalue weighted by molar-refractivity contribution is 0.0805. The molecular weight excluding hydrogens is 104 g/mol. The van der Waals surface area contributed by atoms with Crippen LogP contribution in [-0.2, 0) is 10.2 Å². The molecule has 1 rings (SSSR count). The topological polar surface area (TPSA) is 39.8 Å². The van der Waals surface area contributed by atoms with Crippen LogP contribution in [0.4, 0.5) is 0 Å². The first-order valence-corrected chi connectivity index (χ1v) is 3.07. The Hall–Kier alpha value is -0.0800. The number of hydrogen-bond donors (Lipinski definition) is 0. The first-order valence-electron chi connectivity index (χ1n) is 3.07. The van der Waals surface area contributed by atoms with Crippen molar-refractivity contribution in [1.29, 1.82) is 0 Å². The molecule has 0 aliphatic heterocycles. The summed E-state index contributed by atoms with van der Waals surface area (Å²) in [5.41, 5.74) is 0. The van der Waals surface area contributed by atoms with Gasteiger partial charge in [-0.2, -0.15) is 0 Å². The van der Waals surface area contributed by atoms with Crippen molar-refractivity contribution in [2.24, 2.45) is 5.92 Å². The molecule has 1 saturated carbocycles. The monoisotopic (exact) mass is 114 g/mol. The maximum absolute atomic E-state index is 10.6. The smallest absolute Gasteiger partial charge is 0.0933 e. The largest absolute Gasteiger partial charge is 0.236 e. The fourth-order valence-electron chi connectivity index (χ4n) is 1.18. The minimum Gasteiger partial charge on any atom is -0.236 e. The van der Waals surface area contributed by atoms with Gasteiger partial charge in [0.15, 0.2) is 0 Å². The maximum atomic E-state index is 10.6. The zero-order valence-electron chi connectivity index (χ0n) is 4.80. The summed E-state index contributed by atoms with van der Waals surface area (Å²) in [6.07, 6.45) is 1.81. The molecule has 2 nitrogen and oxygen atoms in total. The van der Waals surface area contributed by atoms with Crippen molar-refractivity contribution in [3.05, 3.63) is 0 Å². The fourth-order valence-corrected chi connectivity index (χ4v) is 1.18. The Morgan fingerprint density at radius 3 is 2.38 bits per heavy atom. The predicted octanol–water partition coefficient (Wildman–Crippen LogP) is 1.02. The van der Waals surface area contributed by atoms with Crippen LogP contribution in [0.25, 0.3) is 0 Å². The van der Waals surface area contributed by atoms with Gasteiger partial charge < -0.3 is 0 Å². The zero-order chi connectivity index (χ0) is 5.98. The summed E-state index contributed by atoms with van der Waals surface area (Å²) < 4.78 is 0. The van der Waals surface area contributed by atoms with E-state index >= 15 is 0 Å². The van der Waals surface area contributed by atoms with E-state index in [1.165, 1.54) is 0 Å². The van der Waals surface area contributed by atoms with Gasteiger partial charge in [0.25, 0.3) is 0 Å². The third-order valence-corrected chi connectivity index (χ3v) is 1.73. The van der Waals surface area contributed by atoms with Crippen molar-refractivity contribution in [2.45, 2.75) is 25.4 Å². The molecule has 0 aromatic rings. The Morgan fingerprint density at radius 1 is 1.38 bits per heavy atom. The van der Waals surface area contributed by atoms with Crippen LogP contribution < -0.4 is 0 Å². The molecule has 46 valence electrons. The molecule has 0 spiro atoms. The summed E-state index contributed by atoms with van der Waals surface area (Å²) in [5, 5.41) is 20.7. The van der Waals surface area contributed by atoms with Gasteiger partial charge in [0.1, 0.15) is 0 Å². The van der Waals surface area contributed by atoms with Gasteiger partial charge in [0.2, 0.25) is 0 Å². The lowest BCUT2D eigenvalue weighted by atomic mass is 10.1. The van der Waals surface area contributed by atoms with Gasteiger partial charge in [-0.1, -0.05) is 0 Å². The van der Waals surface area contributed by atoms with Crippen LogP contribution in [-0.4, -0.2) is 12.7 Å². The Kier molecular flexibility index (Phi) is 1.86. The molecular formula is C6H10O2. The van der Waals surface area contributed by atoms with Crippen molar-refractivity contribution < 1.29 is 10.2 Å². The van der Waals surface area contributed by atoms with Gasteiger partial charge >= 0.3 is 0 Å². The van der Waals surface area contributed by atoms with Crippen LogP contribution in [0.5, 0.6) is 0 Å². The van der Waals surface area contributed by atoms with E-state index in [4.69, 9.17) is 0 Å². The third kappa shape index (κ3) is 1.20. The highest BCUT2D eigenvalue weighted by atomic mass is 16.3. The Labute approximate surface area is 49.1 Å². The lowest BCUT2D eigenvalue weighted by Crippen LogP contribution is -2.01. The highest BCUT2D eigenvalue weighted by Crippen LogP contribution is 2.24. The lowest BCUT2D eigenvalue weighted by Gasteiger charge is -1.98. The van der Waals surface area contributed by atoms with Gasteiger partial charge in [0.05, 0.1) is 12.7 Å². The highest BCUT2D eigenvalue weighted by molar-refractivity contribution is 4.72. The maximum Gasteiger partial charge on any atom is 0.0933 e. The molecule has 0 N–H and O–H groups in total. The summed E-state index contributed by atoms with van der Waals surface area (Å²) in [4.78, 5) is 0. The Balaban J connectivity index is 2.22. The van der Waals surface area contributed by atoms with Crippen LogP contribution in [0.1, 0.15) is 19.3 Å². The minimum absolute atomic E-state index is 0.0429. The molecule has 2 atom stereocenters. The van der Waals surface area contributed by atoms with Crippen LogP contribution in [0, 0.1) is 5.92 Å². The SMILES string of the molecule is [O]C[C@H]1CC[C@H]([O])C1. The molecule has 0 saturated heterocycles. The van der Waals surface area contributed by atoms with Crippen molar-refractivity contribution in [1.82, 2.24) is 0 Å². The quantitative estimate of drug-likeness (QED) is 0.488. The minimum atomic E-state index is -0.422. The summed E-state index contributed by atoms with van der Waals surface area (Å²) >= 11 is 0. The second-order valence-electron chi connectivity index (χ2n) is 2.47. The highest BCUT2D eigenvalue weighted by Gasteiger charge is 2.23. The standard InChI is InChI=1S/C6H10O2/c7-4-5-1-2-6(8)3-5/h5-6H,1-4H2/t5-,6-/m0/s1. The van der Waals surface area contributed by atoms with Gasteiger partial charge in [-0.3, -0.25) is 0 Å². The van der Waals surface area contributed by atoms with E-state index in [2.05, 4.69) is 0 Å². The van der Waals surface area contributed by atoms with Crippen molar-refractivity contribution in [3.8, 4) is 0 Å². The molecule has 1 aliphatic rings. The Morgan fingerprint density at radius 2 is 2.12 bits per heavy atom. The van der Waals surface area contributed by atoms with Crippen molar-refractivity contribution in [3.63, 3.8) is 0 Å². The normalized spacial score (nSPS) is 38.2. The van der Waals surface area contributed by atoms with Crippen LogP contribution >= 0.6 is 0 Å². The molecule has 0 unspecified atom stereocenters. The molecule has 8 heavy (non-hydrogen) atoms. The summed E-state index contributed by atoms with van der Waals surface area (Å²) in [6.45, 7) is -0.0429. The van der Waals surface area contributed by atoms with Crippen LogP contribution in [0.15, 0.2) is 0 Å². The van der Waals surface area contributed by atoms with E-state index in [1.807, 2.05) is 0 Å². The van der Waals surface area contributed by atoms with Crippen molar-refractivity contribution >= 4 is 0 Å². The van der Waals surface area contributed by atoms with E-state index in [0.29, 0.717) is 6.42 Å². The number of hydrogen-bond acceptors (Lipinski definition) is 0. The van der Waals surface area contributed by atoms with E-state index in [1.54, 1.807) is 0 Å². The van der Waals surface area contributed by atoms with E-state index in [0.717, 1.165) is 12.8 Å². The molecule has 1 aliphatic carbocycles. The fraction of sp³-hybridized carbons (Fsp3) is 1.00. The molecule has 1 fully saturated rings. The summed E-state index contributed by atoms with van der Waals surface area (Å²) in [7, 11) is 0. The zero-order valence-corrected chi connectivity index (χ0v) is 4.80. The molecule has 0 bridgehead atoms. The molecule has 0 aromatic carbocycles. The molecule has 0 amide bonds. The second kappa shape index (κ2) is 2.46. The number of rotatable bonds is 1. The van der Waals surface area contributed by atoms with E-state index < -0.39 is 6.10 Å². The second-order valence-corrected chi connectivity index (χ2v) is 2.47. The first-order chi connectivity index (χ1) is 3.83. The van der Waals surface area contributed by atoms with Gasteiger partial charge in [0, 0.05) is 0 Å². The van der Waals surface area contributed by atoms with Crippen LogP contribution in [0.3, 0.4) is 0 Å². The van der Waals surface area contributed by atoms with Gasteiger partial charge in [-0.25, -0.2) is 10.2 Å². The summed E-state index contributed by atoms with van der Waals surface area (Å²) in [6, 6.07) is 0. The predicted molar refractivity (Wildman–Crippen MR) is 27.4 cm³/mol. The van der Waals surface area contributed by atoms with E-state index in [9.17, 15) is 10.2 Å². The molecule has 2 heteroatoms. The average Bonchev–Trinajstić information content (AvgIpc) is 2.14. The summed E-state index contributed by atoms with van der Waals surface area (Å²) in [5.74, 6) is 0.206. The first kappa shape index (κ1) is 6.05. The van der Waals surface area contributed by atoms with Crippen LogP contribution in [0.2, 0.25) is 0 Å². The molecule has 0 heterocycles. The molecule has 0 aromatic heterocycles. The van der Waals surface area contributed by atoms with Gasteiger partial charge in [-0.05, 0) is 25.2 Å². The Bertz CT molecular complexity index is 72.9. The van der Waals surface area contributed by atoms with E-state index in [-0.39, 0.29) is 12.5 Å². The van der Waals surface area contributed by atoms with Crippen molar-refractivity contribution in [2.75, 3.05) is 6.61 Å². The van der Waals surface area contributed by atoms with Gasteiger partial charge in [-0.15, -0.1) is 0 Å².